The van der Waals surface area contributed by atoms with E-state index in [2.05, 4.69) is 21.9 Å². The minimum absolute atomic E-state index is 0.253. The Hall–Kier alpha value is -1.38. The van der Waals surface area contributed by atoms with Gasteiger partial charge in [0, 0.05) is 32.8 Å². The minimum atomic E-state index is -0.539. The highest BCUT2D eigenvalue weighted by molar-refractivity contribution is 5.43. The number of hydrogen-bond acceptors (Lipinski definition) is 7. The molecule has 30 heavy (non-hydrogen) atoms. The molecule has 0 aromatic heterocycles. The van der Waals surface area contributed by atoms with Crippen LogP contribution >= 0.6 is 0 Å². The number of morpholine rings is 1. The van der Waals surface area contributed by atoms with E-state index in [1.165, 1.54) is 24.8 Å². The molecular formula is C23H36N2O5. The highest BCUT2D eigenvalue weighted by Gasteiger charge is 2.37. The Bertz CT molecular complexity index is 664. The van der Waals surface area contributed by atoms with E-state index in [1.54, 1.807) is 7.11 Å². The summed E-state index contributed by atoms with van der Waals surface area (Å²) in [6, 6.07) is 6.14. The smallest absolute Gasteiger partial charge is 0.161 e. The monoisotopic (exact) mass is 420 g/mol. The number of aliphatic hydroxyl groups excluding tert-OH is 1. The Morgan fingerprint density at radius 2 is 1.80 bits per heavy atom. The zero-order valence-electron chi connectivity index (χ0n) is 18.2. The van der Waals surface area contributed by atoms with E-state index in [0.717, 1.165) is 59.2 Å². The first-order valence-electron chi connectivity index (χ1n) is 11.2. The summed E-state index contributed by atoms with van der Waals surface area (Å²) in [5.74, 6) is 1.41. The second kappa shape index (κ2) is 10.3. The van der Waals surface area contributed by atoms with E-state index in [9.17, 15) is 5.11 Å². The van der Waals surface area contributed by atoms with Crippen molar-refractivity contribution < 1.29 is 24.1 Å². The summed E-state index contributed by atoms with van der Waals surface area (Å²) in [5, 5.41) is 10.4. The highest BCUT2D eigenvalue weighted by Crippen LogP contribution is 2.39. The molecule has 0 aliphatic carbocycles. The molecule has 7 heteroatoms. The van der Waals surface area contributed by atoms with Gasteiger partial charge in [0.05, 0.1) is 26.9 Å². The van der Waals surface area contributed by atoms with Gasteiger partial charge in [-0.05, 0) is 55.5 Å². The van der Waals surface area contributed by atoms with Crippen molar-refractivity contribution in [3.63, 3.8) is 0 Å². The van der Waals surface area contributed by atoms with E-state index in [-0.39, 0.29) is 6.61 Å². The molecule has 3 aliphatic rings. The van der Waals surface area contributed by atoms with Crippen LogP contribution in [0, 0.1) is 5.41 Å². The first-order valence-corrected chi connectivity index (χ1v) is 11.2. The van der Waals surface area contributed by atoms with E-state index in [1.807, 2.05) is 6.07 Å². The van der Waals surface area contributed by atoms with E-state index >= 15 is 0 Å². The van der Waals surface area contributed by atoms with Crippen LogP contribution in [0.4, 0.5) is 0 Å². The van der Waals surface area contributed by atoms with Crippen molar-refractivity contribution in [3.8, 4) is 11.5 Å². The van der Waals surface area contributed by atoms with E-state index < -0.39 is 6.10 Å². The number of aliphatic hydroxyl groups is 1. The van der Waals surface area contributed by atoms with Gasteiger partial charge in [-0.1, -0.05) is 6.07 Å². The van der Waals surface area contributed by atoms with Crippen LogP contribution in [-0.2, 0) is 16.0 Å². The molecule has 0 bridgehead atoms. The lowest BCUT2D eigenvalue weighted by atomic mass is 9.78. The molecule has 1 aromatic carbocycles. The molecule has 3 saturated heterocycles. The standard InChI is InChI=1S/C23H36N2O5/c1-27-21-3-2-19(15-24-7-4-23(5-8-24)6-11-29-18-23)14-22(21)30-17-20(26)16-25-9-12-28-13-10-25/h2-3,14,20,26H,4-13,15-18H2,1H3. The van der Waals surface area contributed by atoms with Gasteiger partial charge < -0.3 is 24.1 Å². The number of likely N-dealkylation sites (tertiary alicyclic amines) is 1. The van der Waals surface area contributed by atoms with Crippen molar-refractivity contribution in [1.29, 1.82) is 0 Å². The molecule has 1 spiro atoms. The van der Waals surface area contributed by atoms with Crippen molar-refractivity contribution in [2.75, 3.05) is 72.9 Å². The van der Waals surface area contributed by atoms with Crippen LogP contribution in [0.5, 0.6) is 11.5 Å². The number of hydrogen-bond donors (Lipinski definition) is 1. The van der Waals surface area contributed by atoms with Gasteiger partial charge in [-0.25, -0.2) is 0 Å². The molecular weight excluding hydrogens is 384 g/mol. The second-order valence-corrected chi connectivity index (χ2v) is 8.94. The predicted octanol–water partition coefficient (Wildman–Crippen LogP) is 1.77. The molecule has 1 aromatic rings. The van der Waals surface area contributed by atoms with Crippen LogP contribution < -0.4 is 9.47 Å². The molecule has 3 aliphatic heterocycles. The van der Waals surface area contributed by atoms with Crippen molar-refractivity contribution in [2.24, 2.45) is 5.41 Å². The van der Waals surface area contributed by atoms with Crippen molar-refractivity contribution in [3.05, 3.63) is 23.8 Å². The zero-order valence-corrected chi connectivity index (χ0v) is 18.2. The fraction of sp³-hybridized carbons (Fsp3) is 0.739. The van der Waals surface area contributed by atoms with Crippen LogP contribution in [0.2, 0.25) is 0 Å². The SMILES string of the molecule is COc1ccc(CN2CCC3(CCOC3)CC2)cc1OCC(O)CN1CCOCC1. The Morgan fingerprint density at radius 3 is 2.50 bits per heavy atom. The maximum Gasteiger partial charge on any atom is 0.161 e. The second-order valence-electron chi connectivity index (χ2n) is 8.94. The molecule has 168 valence electrons. The molecule has 1 N–H and O–H groups in total. The molecule has 1 unspecified atom stereocenters. The zero-order chi connectivity index (χ0) is 20.8. The summed E-state index contributed by atoms with van der Waals surface area (Å²) in [4.78, 5) is 4.73. The fourth-order valence-corrected chi connectivity index (χ4v) is 4.74. The topological polar surface area (TPSA) is 63.6 Å². The fourth-order valence-electron chi connectivity index (χ4n) is 4.74. The largest absolute Gasteiger partial charge is 0.493 e. The number of ether oxygens (including phenoxy) is 4. The Labute approximate surface area is 179 Å². The van der Waals surface area contributed by atoms with Gasteiger partial charge >= 0.3 is 0 Å². The Morgan fingerprint density at radius 1 is 1.00 bits per heavy atom. The number of methoxy groups -OCH3 is 1. The Kier molecular flexibility index (Phi) is 7.49. The van der Waals surface area contributed by atoms with Crippen LogP contribution in [0.15, 0.2) is 18.2 Å². The van der Waals surface area contributed by atoms with Crippen LogP contribution in [0.25, 0.3) is 0 Å². The third-order valence-corrected chi connectivity index (χ3v) is 6.74. The van der Waals surface area contributed by atoms with E-state index in [0.29, 0.717) is 23.5 Å². The molecule has 0 saturated carbocycles. The molecule has 4 rings (SSSR count). The lowest BCUT2D eigenvalue weighted by molar-refractivity contribution is 0.00444. The van der Waals surface area contributed by atoms with Gasteiger partial charge in [0.2, 0.25) is 0 Å². The van der Waals surface area contributed by atoms with Crippen LogP contribution in [0.3, 0.4) is 0 Å². The number of benzene rings is 1. The van der Waals surface area contributed by atoms with Gasteiger partial charge in [-0.3, -0.25) is 9.80 Å². The number of piperidine rings is 1. The van der Waals surface area contributed by atoms with Gasteiger partial charge in [-0.2, -0.15) is 0 Å². The first kappa shape index (κ1) is 21.8. The predicted molar refractivity (Wildman–Crippen MR) is 114 cm³/mol. The summed E-state index contributed by atoms with van der Waals surface area (Å²) < 4.78 is 22.5. The maximum atomic E-state index is 10.4. The lowest BCUT2D eigenvalue weighted by Gasteiger charge is -2.38. The van der Waals surface area contributed by atoms with Crippen LogP contribution in [-0.4, -0.2) is 93.9 Å². The molecule has 3 heterocycles. The molecule has 1 atom stereocenters. The lowest BCUT2D eigenvalue weighted by Crippen LogP contribution is -2.42. The van der Waals surface area contributed by atoms with Crippen LogP contribution in [0.1, 0.15) is 24.8 Å². The Balaban J connectivity index is 1.29. The number of β-amino-alcohol motifs (C(OH)–C–C–N with tert-alkyl or cyclic N) is 1. The summed E-state index contributed by atoms with van der Waals surface area (Å²) in [5.41, 5.74) is 1.65. The van der Waals surface area contributed by atoms with Crippen molar-refractivity contribution in [2.45, 2.75) is 31.9 Å². The minimum Gasteiger partial charge on any atom is -0.493 e. The normalized spacial score (nSPS) is 23.5. The quantitative estimate of drug-likeness (QED) is 0.688. The third kappa shape index (κ3) is 5.65. The van der Waals surface area contributed by atoms with Gasteiger partial charge in [0.1, 0.15) is 12.7 Å². The summed E-state index contributed by atoms with van der Waals surface area (Å²) in [7, 11) is 1.65. The van der Waals surface area contributed by atoms with Gasteiger partial charge in [0.25, 0.3) is 0 Å². The van der Waals surface area contributed by atoms with Crippen molar-refractivity contribution >= 4 is 0 Å². The molecule has 0 radical (unpaired) electrons. The van der Waals surface area contributed by atoms with Crippen molar-refractivity contribution in [1.82, 2.24) is 9.80 Å². The first-order chi connectivity index (χ1) is 14.7. The average Bonchev–Trinajstić information content (AvgIpc) is 3.23. The summed E-state index contributed by atoms with van der Waals surface area (Å²) in [6.07, 6.45) is 3.12. The van der Waals surface area contributed by atoms with Gasteiger partial charge in [-0.15, -0.1) is 0 Å². The van der Waals surface area contributed by atoms with E-state index in [4.69, 9.17) is 18.9 Å². The summed E-state index contributed by atoms with van der Waals surface area (Å²) in [6.45, 7) is 9.04. The maximum absolute atomic E-state index is 10.4. The highest BCUT2D eigenvalue weighted by atomic mass is 16.5. The number of rotatable bonds is 8. The molecule has 3 fully saturated rings. The number of nitrogens with zero attached hydrogens (tertiary/aromatic N) is 2. The third-order valence-electron chi connectivity index (χ3n) is 6.74. The van der Waals surface area contributed by atoms with Gasteiger partial charge in [0.15, 0.2) is 11.5 Å². The molecule has 7 nitrogen and oxygen atoms in total. The molecule has 0 amide bonds. The average molecular weight is 421 g/mol. The summed E-state index contributed by atoms with van der Waals surface area (Å²) >= 11 is 0.